The maximum absolute atomic E-state index is 8.62. The molecule has 14 heavy (non-hydrogen) atoms. The Labute approximate surface area is 83.4 Å². The first-order chi connectivity index (χ1) is 6.79. The van der Waals surface area contributed by atoms with E-state index in [9.17, 15) is 0 Å². The first-order valence-corrected chi connectivity index (χ1v) is 4.66. The lowest BCUT2D eigenvalue weighted by Gasteiger charge is -1.87. The molecule has 0 unspecified atom stereocenters. The van der Waals surface area contributed by atoms with Gasteiger partial charge >= 0.3 is 0 Å². The predicted octanol–water partition coefficient (Wildman–Crippen LogP) is 2.77. The summed E-state index contributed by atoms with van der Waals surface area (Å²) in [4.78, 5) is 7.29. The number of imidazole rings is 1. The van der Waals surface area contributed by atoms with Crippen molar-refractivity contribution in [3.8, 4) is 6.07 Å². The molecule has 1 N–H and O–H groups in total. The second kappa shape index (κ2) is 4.43. The van der Waals surface area contributed by atoms with Gasteiger partial charge in [-0.2, -0.15) is 5.26 Å². The van der Waals surface area contributed by atoms with Gasteiger partial charge in [-0.05, 0) is 25.1 Å². The number of rotatable bonds is 0. The molecule has 0 atom stereocenters. The highest BCUT2D eigenvalue weighted by molar-refractivity contribution is 5.76. The number of nitriles is 1. The molecule has 0 spiro atoms. The zero-order valence-electron chi connectivity index (χ0n) is 8.63. The molecule has 1 heterocycles. The van der Waals surface area contributed by atoms with Crippen LogP contribution in [0, 0.1) is 18.3 Å². The van der Waals surface area contributed by atoms with Crippen LogP contribution < -0.4 is 0 Å². The Kier molecular flexibility index (Phi) is 3.24. The normalized spacial score (nSPS) is 9.00. The lowest BCUT2D eigenvalue weighted by molar-refractivity contribution is 1.17. The zero-order chi connectivity index (χ0) is 10.6. The summed E-state index contributed by atoms with van der Waals surface area (Å²) in [6.45, 7) is 5.89. The molecule has 1 aromatic heterocycles. The maximum atomic E-state index is 8.62. The zero-order valence-corrected chi connectivity index (χ0v) is 8.63. The van der Waals surface area contributed by atoms with Crippen molar-refractivity contribution in [3.05, 3.63) is 29.6 Å². The summed E-state index contributed by atoms with van der Waals surface area (Å²) in [5.74, 6) is 0.875. The van der Waals surface area contributed by atoms with E-state index in [1.807, 2.05) is 26.8 Å². The number of hydrogen-bond acceptors (Lipinski definition) is 2. The number of aromatic amines is 1. The lowest BCUT2D eigenvalue weighted by Crippen LogP contribution is -1.73. The summed E-state index contributed by atoms with van der Waals surface area (Å²) >= 11 is 0. The van der Waals surface area contributed by atoms with Crippen LogP contribution in [0.2, 0.25) is 0 Å². The third-order valence-electron chi connectivity index (χ3n) is 1.73. The molecule has 0 aliphatic rings. The van der Waals surface area contributed by atoms with Crippen molar-refractivity contribution >= 4 is 11.0 Å². The van der Waals surface area contributed by atoms with Crippen molar-refractivity contribution in [2.45, 2.75) is 20.8 Å². The highest BCUT2D eigenvalue weighted by Gasteiger charge is 1.98. The number of aromatic nitrogens is 2. The van der Waals surface area contributed by atoms with Gasteiger partial charge in [0.2, 0.25) is 0 Å². The summed E-state index contributed by atoms with van der Waals surface area (Å²) in [5.41, 5.74) is 2.49. The van der Waals surface area contributed by atoms with E-state index in [1.165, 1.54) is 0 Å². The van der Waals surface area contributed by atoms with Crippen LogP contribution in [0.3, 0.4) is 0 Å². The highest BCUT2D eigenvalue weighted by atomic mass is 14.9. The standard InChI is InChI=1S/C9H7N3.C2H6/c1-6-11-8-3-2-7(5-10)4-9(8)12-6;1-2/h2-4H,1H3,(H,11,12);1-2H3. The monoisotopic (exact) mass is 187 g/mol. The van der Waals surface area contributed by atoms with Crippen molar-refractivity contribution in [2.75, 3.05) is 0 Å². The Bertz CT molecular complexity index is 463. The van der Waals surface area contributed by atoms with E-state index in [-0.39, 0.29) is 0 Å². The lowest BCUT2D eigenvalue weighted by atomic mass is 10.2. The van der Waals surface area contributed by atoms with Gasteiger partial charge in [0, 0.05) is 0 Å². The summed E-state index contributed by atoms with van der Waals surface area (Å²) < 4.78 is 0. The summed E-state index contributed by atoms with van der Waals surface area (Å²) in [6, 6.07) is 7.49. The Morgan fingerprint density at radius 3 is 2.71 bits per heavy atom. The van der Waals surface area contributed by atoms with Crippen LogP contribution in [0.5, 0.6) is 0 Å². The number of fused-ring (bicyclic) bond motifs is 1. The van der Waals surface area contributed by atoms with E-state index in [0.717, 1.165) is 16.9 Å². The van der Waals surface area contributed by atoms with Crippen molar-refractivity contribution in [2.24, 2.45) is 0 Å². The van der Waals surface area contributed by atoms with Crippen molar-refractivity contribution in [1.82, 2.24) is 9.97 Å². The van der Waals surface area contributed by atoms with E-state index in [4.69, 9.17) is 5.26 Å². The van der Waals surface area contributed by atoms with Gasteiger partial charge in [-0.3, -0.25) is 0 Å². The molecule has 0 aliphatic carbocycles. The molecular formula is C11H13N3. The Balaban J connectivity index is 0.000000461. The third kappa shape index (κ3) is 1.91. The number of nitrogens with zero attached hydrogens (tertiary/aromatic N) is 2. The molecule has 1 aromatic carbocycles. The van der Waals surface area contributed by atoms with Crippen molar-refractivity contribution in [1.29, 1.82) is 5.26 Å². The minimum Gasteiger partial charge on any atom is -0.342 e. The van der Waals surface area contributed by atoms with Crippen LogP contribution in [0.25, 0.3) is 11.0 Å². The first-order valence-electron chi connectivity index (χ1n) is 4.66. The van der Waals surface area contributed by atoms with Crippen LogP contribution in [0.1, 0.15) is 25.2 Å². The first kappa shape index (κ1) is 10.3. The molecule has 0 bridgehead atoms. The molecule has 72 valence electrons. The van der Waals surface area contributed by atoms with Gasteiger partial charge in [-0.1, -0.05) is 13.8 Å². The topological polar surface area (TPSA) is 52.5 Å². The molecule has 3 heteroatoms. The second-order valence-electron chi connectivity index (χ2n) is 2.67. The van der Waals surface area contributed by atoms with Crippen LogP contribution in [-0.2, 0) is 0 Å². The van der Waals surface area contributed by atoms with E-state index < -0.39 is 0 Å². The van der Waals surface area contributed by atoms with Gasteiger partial charge < -0.3 is 4.98 Å². The number of nitrogens with one attached hydrogen (secondary N) is 1. The van der Waals surface area contributed by atoms with Gasteiger partial charge in [0.15, 0.2) is 0 Å². The van der Waals surface area contributed by atoms with E-state index in [0.29, 0.717) is 5.56 Å². The van der Waals surface area contributed by atoms with Gasteiger partial charge in [0.05, 0.1) is 22.7 Å². The van der Waals surface area contributed by atoms with Gasteiger partial charge in [-0.15, -0.1) is 0 Å². The molecule has 0 radical (unpaired) electrons. The number of hydrogen-bond donors (Lipinski definition) is 1. The summed E-state index contributed by atoms with van der Waals surface area (Å²) in [6.07, 6.45) is 0. The number of H-pyrrole nitrogens is 1. The van der Waals surface area contributed by atoms with E-state index in [2.05, 4.69) is 16.0 Å². The Morgan fingerprint density at radius 1 is 1.36 bits per heavy atom. The SMILES string of the molecule is CC.Cc1nc2ccc(C#N)cc2[nH]1. The van der Waals surface area contributed by atoms with E-state index in [1.54, 1.807) is 12.1 Å². The quantitative estimate of drug-likeness (QED) is 0.689. The molecule has 0 amide bonds. The largest absolute Gasteiger partial charge is 0.342 e. The van der Waals surface area contributed by atoms with Crippen LogP contribution in [0.15, 0.2) is 18.2 Å². The predicted molar refractivity (Wildman–Crippen MR) is 56.9 cm³/mol. The molecule has 0 saturated carbocycles. The molecule has 0 fully saturated rings. The fraction of sp³-hybridized carbons (Fsp3) is 0.273. The average Bonchev–Trinajstić information content (AvgIpc) is 2.59. The van der Waals surface area contributed by atoms with Crippen molar-refractivity contribution in [3.63, 3.8) is 0 Å². The minimum absolute atomic E-state index is 0.658. The number of aryl methyl sites for hydroxylation is 1. The van der Waals surface area contributed by atoms with Crippen LogP contribution >= 0.6 is 0 Å². The van der Waals surface area contributed by atoms with Crippen LogP contribution in [-0.4, -0.2) is 9.97 Å². The molecular weight excluding hydrogens is 174 g/mol. The van der Waals surface area contributed by atoms with Gasteiger partial charge in [0.25, 0.3) is 0 Å². The maximum Gasteiger partial charge on any atom is 0.104 e. The highest BCUT2D eigenvalue weighted by Crippen LogP contribution is 2.12. The smallest absolute Gasteiger partial charge is 0.104 e. The fourth-order valence-electron chi connectivity index (χ4n) is 1.21. The number of benzene rings is 1. The minimum atomic E-state index is 0.658. The molecule has 0 aliphatic heterocycles. The Morgan fingerprint density at radius 2 is 2.07 bits per heavy atom. The van der Waals surface area contributed by atoms with Crippen LogP contribution in [0.4, 0.5) is 0 Å². The van der Waals surface area contributed by atoms with Gasteiger partial charge in [0.1, 0.15) is 5.82 Å². The molecule has 2 aromatic rings. The summed E-state index contributed by atoms with van der Waals surface area (Å²) in [5, 5.41) is 8.62. The van der Waals surface area contributed by atoms with Crippen molar-refractivity contribution < 1.29 is 0 Å². The molecule has 3 nitrogen and oxygen atoms in total. The average molecular weight is 187 g/mol. The fourth-order valence-corrected chi connectivity index (χ4v) is 1.21. The molecule has 2 rings (SSSR count). The Hall–Kier alpha value is -1.82. The third-order valence-corrected chi connectivity index (χ3v) is 1.73. The van der Waals surface area contributed by atoms with E-state index >= 15 is 0 Å². The second-order valence-corrected chi connectivity index (χ2v) is 2.67. The molecule has 0 saturated heterocycles. The van der Waals surface area contributed by atoms with Gasteiger partial charge in [-0.25, -0.2) is 4.98 Å². The summed E-state index contributed by atoms with van der Waals surface area (Å²) in [7, 11) is 0.